The fourth-order valence-corrected chi connectivity index (χ4v) is 2.39. The van der Waals surface area contributed by atoms with E-state index in [9.17, 15) is 9.59 Å². The number of hydrogen-bond donors (Lipinski definition) is 2. The zero-order valence-corrected chi connectivity index (χ0v) is 11.1. The number of rotatable bonds is 5. The second-order valence-corrected chi connectivity index (χ2v) is 4.80. The van der Waals surface area contributed by atoms with Crippen molar-refractivity contribution in [1.29, 1.82) is 0 Å². The minimum atomic E-state index is -1.03. The fourth-order valence-electron chi connectivity index (χ4n) is 2.39. The number of para-hydroxylation sites is 1. The van der Waals surface area contributed by atoms with Crippen LogP contribution >= 0.6 is 0 Å². The number of carboxylic acid groups (broad SMARTS) is 1. The van der Waals surface area contributed by atoms with Gasteiger partial charge in [0.25, 0.3) is 0 Å². The van der Waals surface area contributed by atoms with Gasteiger partial charge in [0.1, 0.15) is 0 Å². The number of aromatic carboxylic acids is 1. The summed E-state index contributed by atoms with van der Waals surface area (Å²) in [5.41, 5.74) is 0.959. The highest BCUT2D eigenvalue weighted by molar-refractivity contribution is 6.00. The molecule has 1 heterocycles. The number of nitrogens with one attached hydrogen (secondary N) is 1. The molecular weight excluding hydrogens is 244 g/mol. The maximum atomic E-state index is 12.0. The van der Waals surface area contributed by atoms with E-state index in [0.717, 1.165) is 19.3 Å². The first-order valence-corrected chi connectivity index (χ1v) is 6.52. The third kappa shape index (κ3) is 2.41. The number of carboxylic acids is 1. The average molecular weight is 262 g/mol. The van der Waals surface area contributed by atoms with Gasteiger partial charge < -0.3 is 10.1 Å². The highest BCUT2D eigenvalue weighted by Crippen LogP contribution is 2.21. The van der Waals surface area contributed by atoms with E-state index in [1.54, 1.807) is 16.7 Å². The molecule has 0 fully saturated rings. The molecule has 1 aromatic heterocycles. The molecule has 0 spiro atoms. The summed E-state index contributed by atoms with van der Waals surface area (Å²) in [5.74, 6) is -1.03. The van der Waals surface area contributed by atoms with Gasteiger partial charge in [-0.1, -0.05) is 25.8 Å². The lowest BCUT2D eigenvalue weighted by molar-refractivity contribution is 0.0699. The first-order valence-electron chi connectivity index (χ1n) is 6.52. The van der Waals surface area contributed by atoms with Crippen LogP contribution in [0.2, 0.25) is 0 Å². The first-order chi connectivity index (χ1) is 9.06. The summed E-state index contributed by atoms with van der Waals surface area (Å²) in [4.78, 5) is 25.8. The van der Waals surface area contributed by atoms with E-state index in [2.05, 4.69) is 11.9 Å². The number of nitrogens with zero attached hydrogens (tertiary/aromatic N) is 1. The number of aromatic nitrogens is 2. The Hall–Kier alpha value is -2.04. The Balaban J connectivity index is 2.57. The number of H-pyrrole nitrogens is 1. The minimum absolute atomic E-state index is 0.0604. The number of imidazole rings is 1. The lowest BCUT2D eigenvalue weighted by atomic mass is 10.1. The summed E-state index contributed by atoms with van der Waals surface area (Å²) in [6, 6.07) is 5.01. The summed E-state index contributed by atoms with van der Waals surface area (Å²) in [5, 5.41) is 9.13. The van der Waals surface area contributed by atoms with Crippen molar-refractivity contribution in [3.05, 3.63) is 34.2 Å². The Labute approximate surface area is 110 Å². The van der Waals surface area contributed by atoms with Crippen molar-refractivity contribution < 1.29 is 9.90 Å². The zero-order chi connectivity index (χ0) is 14.0. The SMILES string of the molecule is CCCCC(C)n1c(=O)[nH]c2c(C(=O)O)cccc21. The van der Waals surface area contributed by atoms with Gasteiger partial charge >= 0.3 is 11.7 Å². The van der Waals surface area contributed by atoms with Crippen molar-refractivity contribution in [1.82, 2.24) is 9.55 Å². The topological polar surface area (TPSA) is 75.1 Å². The molecule has 0 aliphatic carbocycles. The molecule has 0 bridgehead atoms. The van der Waals surface area contributed by atoms with Crippen LogP contribution in [0.1, 0.15) is 49.5 Å². The smallest absolute Gasteiger partial charge is 0.337 e. The van der Waals surface area contributed by atoms with Gasteiger partial charge in [-0.25, -0.2) is 9.59 Å². The molecule has 5 heteroatoms. The van der Waals surface area contributed by atoms with E-state index in [1.807, 2.05) is 6.92 Å². The van der Waals surface area contributed by atoms with Crippen molar-refractivity contribution >= 4 is 17.0 Å². The lowest BCUT2D eigenvalue weighted by Crippen LogP contribution is -2.20. The summed E-state index contributed by atoms with van der Waals surface area (Å²) in [6.45, 7) is 4.09. The van der Waals surface area contributed by atoms with Gasteiger partial charge in [0.05, 0.1) is 16.6 Å². The summed E-state index contributed by atoms with van der Waals surface area (Å²) in [7, 11) is 0. The van der Waals surface area contributed by atoms with Crippen molar-refractivity contribution in [2.45, 2.75) is 39.2 Å². The third-order valence-electron chi connectivity index (χ3n) is 3.40. The molecule has 1 unspecified atom stereocenters. The molecule has 5 nitrogen and oxygen atoms in total. The Kier molecular flexibility index (Phi) is 3.74. The van der Waals surface area contributed by atoms with Crippen LogP contribution in [0, 0.1) is 0 Å². The molecule has 2 rings (SSSR count). The van der Waals surface area contributed by atoms with Crippen LogP contribution in [0.25, 0.3) is 11.0 Å². The summed E-state index contributed by atoms with van der Waals surface area (Å²) >= 11 is 0. The van der Waals surface area contributed by atoms with Crippen molar-refractivity contribution in [3.8, 4) is 0 Å². The molecule has 0 radical (unpaired) electrons. The molecule has 1 aromatic carbocycles. The maximum Gasteiger partial charge on any atom is 0.337 e. The molecule has 1 atom stereocenters. The first kappa shape index (κ1) is 13.4. The molecule has 0 aliphatic rings. The van der Waals surface area contributed by atoms with Crippen LogP contribution < -0.4 is 5.69 Å². The summed E-state index contributed by atoms with van der Waals surface area (Å²) < 4.78 is 1.65. The van der Waals surface area contributed by atoms with Gasteiger partial charge in [-0.2, -0.15) is 0 Å². The fraction of sp³-hybridized carbons (Fsp3) is 0.429. The molecule has 102 valence electrons. The van der Waals surface area contributed by atoms with Crippen LogP contribution in [0.4, 0.5) is 0 Å². The van der Waals surface area contributed by atoms with Gasteiger partial charge in [-0.15, -0.1) is 0 Å². The van der Waals surface area contributed by atoms with Crippen LogP contribution in [0.3, 0.4) is 0 Å². The van der Waals surface area contributed by atoms with Gasteiger partial charge in [0.15, 0.2) is 0 Å². The predicted molar refractivity (Wildman–Crippen MR) is 73.8 cm³/mol. The van der Waals surface area contributed by atoms with E-state index in [1.165, 1.54) is 6.07 Å². The standard InChI is InChI=1S/C14H18N2O3/c1-3-4-6-9(2)16-11-8-5-7-10(13(17)18)12(11)15-14(16)19/h5,7-9H,3-4,6H2,1-2H3,(H,15,19)(H,17,18). The van der Waals surface area contributed by atoms with Gasteiger partial charge in [-0.3, -0.25) is 4.57 Å². The number of hydrogen-bond acceptors (Lipinski definition) is 2. The maximum absolute atomic E-state index is 12.0. The van der Waals surface area contributed by atoms with Crippen molar-refractivity contribution in [3.63, 3.8) is 0 Å². The number of carbonyl (C=O) groups is 1. The normalized spacial score (nSPS) is 12.7. The van der Waals surface area contributed by atoms with Crippen LogP contribution in [-0.2, 0) is 0 Å². The predicted octanol–water partition coefficient (Wildman–Crippen LogP) is 2.78. The van der Waals surface area contributed by atoms with E-state index < -0.39 is 5.97 Å². The largest absolute Gasteiger partial charge is 0.478 e. The van der Waals surface area contributed by atoms with Crippen LogP contribution in [-0.4, -0.2) is 20.6 Å². The third-order valence-corrected chi connectivity index (χ3v) is 3.40. The van der Waals surface area contributed by atoms with Crippen LogP contribution in [0.5, 0.6) is 0 Å². The van der Waals surface area contributed by atoms with Gasteiger partial charge in [0, 0.05) is 6.04 Å². The second kappa shape index (κ2) is 5.30. The van der Waals surface area contributed by atoms with E-state index in [4.69, 9.17) is 5.11 Å². The van der Waals surface area contributed by atoms with Gasteiger partial charge in [-0.05, 0) is 25.5 Å². The molecule has 19 heavy (non-hydrogen) atoms. The van der Waals surface area contributed by atoms with Crippen LogP contribution in [0.15, 0.2) is 23.0 Å². The Morgan fingerprint density at radius 3 is 2.84 bits per heavy atom. The number of aromatic amines is 1. The molecule has 0 amide bonds. The Morgan fingerprint density at radius 2 is 2.21 bits per heavy atom. The minimum Gasteiger partial charge on any atom is -0.478 e. The molecule has 2 N–H and O–H groups in total. The average Bonchev–Trinajstić information content (AvgIpc) is 2.71. The zero-order valence-electron chi connectivity index (χ0n) is 11.1. The Morgan fingerprint density at radius 1 is 1.47 bits per heavy atom. The molecular formula is C14H18N2O3. The van der Waals surface area contributed by atoms with Crippen molar-refractivity contribution in [2.24, 2.45) is 0 Å². The number of fused-ring (bicyclic) bond motifs is 1. The second-order valence-electron chi connectivity index (χ2n) is 4.80. The quantitative estimate of drug-likeness (QED) is 0.870. The number of unbranched alkanes of at least 4 members (excludes halogenated alkanes) is 1. The van der Waals surface area contributed by atoms with E-state index in [-0.39, 0.29) is 17.3 Å². The highest BCUT2D eigenvalue weighted by Gasteiger charge is 2.17. The molecule has 0 saturated heterocycles. The van der Waals surface area contributed by atoms with E-state index >= 15 is 0 Å². The van der Waals surface area contributed by atoms with Crippen molar-refractivity contribution in [2.75, 3.05) is 0 Å². The summed E-state index contributed by atoms with van der Waals surface area (Å²) in [6.07, 6.45) is 3.02. The Bertz CT molecular complexity index is 654. The monoisotopic (exact) mass is 262 g/mol. The lowest BCUT2D eigenvalue weighted by Gasteiger charge is -2.12. The molecule has 0 aliphatic heterocycles. The van der Waals surface area contributed by atoms with Gasteiger partial charge in [0.2, 0.25) is 0 Å². The highest BCUT2D eigenvalue weighted by atomic mass is 16.4. The number of benzene rings is 1. The molecule has 2 aromatic rings. The van der Waals surface area contributed by atoms with E-state index in [0.29, 0.717) is 11.0 Å². The molecule has 0 saturated carbocycles.